The van der Waals surface area contributed by atoms with Gasteiger partial charge in [-0.2, -0.15) is 0 Å². The van der Waals surface area contributed by atoms with E-state index in [1.54, 1.807) is 0 Å². The molecule has 1 aromatic carbocycles. The van der Waals surface area contributed by atoms with Crippen LogP contribution in [0.4, 0.5) is 0 Å². The fraction of sp³-hybridized carbons (Fsp3) is 0.588. The van der Waals surface area contributed by atoms with Crippen LogP contribution in [0.2, 0.25) is 0 Å². The fourth-order valence-corrected chi connectivity index (χ4v) is 3.33. The van der Waals surface area contributed by atoms with Crippen LogP contribution in [0.25, 0.3) is 0 Å². The highest BCUT2D eigenvalue weighted by molar-refractivity contribution is 5.79. The molecule has 1 aromatic rings. The summed E-state index contributed by atoms with van der Waals surface area (Å²) in [6.07, 6.45) is 3.08. The summed E-state index contributed by atoms with van der Waals surface area (Å²) in [5.74, 6) is 0.625. The molecular weight excluding hydrogens is 250 g/mol. The van der Waals surface area contributed by atoms with Crippen LogP contribution in [0, 0.1) is 5.41 Å². The van der Waals surface area contributed by atoms with Crippen molar-refractivity contribution in [2.75, 3.05) is 0 Å². The van der Waals surface area contributed by atoms with Crippen LogP contribution in [-0.4, -0.2) is 23.2 Å². The molecule has 3 nitrogen and oxygen atoms in total. The molecule has 1 amide bonds. The quantitative estimate of drug-likeness (QED) is 0.885. The summed E-state index contributed by atoms with van der Waals surface area (Å²) in [5.41, 5.74) is 2.62. The van der Waals surface area contributed by atoms with Gasteiger partial charge in [0.25, 0.3) is 0 Å². The number of hydrogen-bond donors (Lipinski definition) is 2. The Morgan fingerprint density at radius 1 is 1.30 bits per heavy atom. The van der Waals surface area contributed by atoms with Crippen LogP contribution in [0.5, 0.6) is 0 Å². The zero-order valence-corrected chi connectivity index (χ0v) is 12.2. The van der Waals surface area contributed by atoms with Crippen molar-refractivity contribution in [1.29, 1.82) is 0 Å². The first kappa shape index (κ1) is 13.6. The molecule has 0 bridgehead atoms. The molecule has 0 aliphatic heterocycles. The molecule has 1 unspecified atom stereocenters. The summed E-state index contributed by atoms with van der Waals surface area (Å²) in [6.45, 7) is 4.34. The summed E-state index contributed by atoms with van der Waals surface area (Å²) in [5, 5.41) is 12.5. The zero-order chi connectivity index (χ0) is 14.3. The molecule has 3 rings (SSSR count). The number of nitrogens with one attached hydrogen (secondary N) is 1. The maximum absolute atomic E-state index is 12.0. The third kappa shape index (κ3) is 2.59. The predicted octanol–water partition coefficient (Wildman–Crippen LogP) is 2.38. The van der Waals surface area contributed by atoms with Gasteiger partial charge in [-0.05, 0) is 41.7 Å². The Labute approximate surface area is 120 Å². The first-order valence-corrected chi connectivity index (χ1v) is 7.55. The van der Waals surface area contributed by atoms with Gasteiger partial charge in [0.2, 0.25) is 5.91 Å². The topological polar surface area (TPSA) is 49.3 Å². The monoisotopic (exact) mass is 273 g/mol. The van der Waals surface area contributed by atoms with Crippen molar-refractivity contribution in [1.82, 2.24) is 5.32 Å². The van der Waals surface area contributed by atoms with E-state index in [0.717, 1.165) is 24.8 Å². The predicted molar refractivity (Wildman–Crippen MR) is 78.5 cm³/mol. The Hall–Kier alpha value is -1.35. The van der Waals surface area contributed by atoms with Gasteiger partial charge < -0.3 is 10.4 Å². The number of amides is 1. The molecule has 2 saturated carbocycles. The van der Waals surface area contributed by atoms with E-state index in [2.05, 4.69) is 31.3 Å². The van der Waals surface area contributed by atoms with Crippen LogP contribution in [-0.2, 0) is 11.2 Å². The van der Waals surface area contributed by atoms with Crippen molar-refractivity contribution >= 4 is 5.91 Å². The molecular formula is C17H23NO2. The van der Waals surface area contributed by atoms with Gasteiger partial charge in [0.05, 0.1) is 12.5 Å². The lowest BCUT2D eigenvalue weighted by Crippen LogP contribution is -2.39. The minimum Gasteiger partial charge on any atom is -0.393 e. The van der Waals surface area contributed by atoms with Crippen molar-refractivity contribution in [3.8, 4) is 0 Å². The summed E-state index contributed by atoms with van der Waals surface area (Å²) in [6, 6.07) is 8.60. The summed E-state index contributed by atoms with van der Waals surface area (Å²) >= 11 is 0. The lowest BCUT2D eigenvalue weighted by molar-refractivity contribution is -0.121. The number of rotatable bonds is 4. The van der Waals surface area contributed by atoms with E-state index in [1.807, 2.05) is 12.1 Å². The van der Waals surface area contributed by atoms with Gasteiger partial charge in [0.15, 0.2) is 0 Å². The Kier molecular flexibility index (Phi) is 3.33. The van der Waals surface area contributed by atoms with Crippen LogP contribution in [0.1, 0.15) is 50.2 Å². The molecule has 1 spiro atoms. The second-order valence-corrected chi connectivity index (χ2v) is 6.82. The lowest BCUT2D eigenvalue weighted by atomic mass is 9.78. The molecule has 0 radical (unpaired) electrons. The number of aliphatic hydroxyl groups excluding tert-OH is 1. The summed E-state index contributed by atoms with van der Waals surface area (Å²) in [7, 11) is 0. The highest BCUT2D eigenvalue weighted by Crippen LogP contribution is 2.60. The molecule has 2 N–H and O–H groups in total. The molecule has 0 saturated heterocycles. The smallest absolute Gasteiger partial charge is 0.224 e. The minimum absolute atomic E-state index is 0.102. The Balaban J connectivity index is 1.50. The number of hydrogen-bond acceptors (Lipinski definition) is 2. The van der Waals surface area contributed by atoms with Crippen molar-refractivity contribution in [2.45, 2.75) is 57.6 Å². The molecule has 0 aromatic heterocycles. The van der Waals surface area contributed by atoms with E-state index in [1.165, 1.54) is 5.56 Å². The van der Waals surface area contributed by atoms with E-state index < -0.39 is 0 Å². The van der Waals surface area contributed by atoms with Crippen LogP contribution in [0.3, 0.4) is 0 Å². The van der Waals surface area contributed by atoms with Gasteiger partial charge in [-0.15, -0.1) is 0 Å². The van der Waals surface area contributed by atoms with Gasteiger partial charge in [-0.25, -0.2) is 0 Å². The van der Waals surface area contributed by atoms with Gasteiger partial charge in [0, 0.05) is 6.04 Å². The Morgan fingerprint density at radius 2 is 1.95 bits per heavy atom. The normalized spacial score (nSPS) is 31.2. The molecule has 2 aliphatic rings. The second-order valence-electron chi connectivity index (χ2n) is 6.82. The first-order chi connectivity index (χ1) is 9.48. The molecule has 3 heteroatoms. The van der Waals surface area contributed by atoms with Crippen molar-refractivity contribution in [2.24, 2.45) is 5.41 Å². The van der Waals surface area contributed by atoms with Crippen molar-refractivity contribution < 1.29 is 9.90 Å². The maximum Gasteiger partial charge on any atom is 0.224 e. The average Bonchev–Trinajstić information content (AvgIpc) is 3.03. The number of carbonyl (C=O) groups is 1. The number of benzene rings is 1. The molecule has 1 atom stereocenters. The average molecular weight is 273 g/mol. The van der Waals surface area contributed by atoms with Crippen LogP contribution in [0.15, 0.2) is 24.3 Å². The largest absolute Gasteiger partial charge is 0.393 e. The van der Waals surface area contributed by atoms with Gasteiger partial charge in [0.1, 0.15) is 0 Å². The highest BCUT2D eigenvalue weighted by Gasteiger charge is 2.61. The first-order valence-electron chi connectivity index (χ1n) is 7.55. The lowest BCUT2D eigenvalue weighted by Gasteiger charge is -2.32. The number of carbonyl (C=O) groups excluding carboxylic acids is 1. The van der Waals surface area contributed by atoms with Gasteiger partial charge in [-0.3, -0.25) is 4.79 Å². The van der Waals surface area contributed by atoms with Crippen molar-refractivity contribution in [3.05, 3.63) is 35.4 Å². The highest BCUT2D eigenvalue weighted by atomic mass is 16.3. The number of aliphatic hydroxyl groups is 1. The Bertz CT molecular complexity index is 500. The molecule has 2 fully saturated rings. The van der Waals surface area contributed by atoms with E-state index in [0.29, 0.717) is 18.4 Å². The van der Waals surface area contributed by atoms with E-state index in [-0.39, 0.29) is 17.4 Å². The van der Waals surface area contributed by atoms with Gasteiger partial charge in [-0.1, -0.05) is 38.1 Å². The minimum atomic E-state index is -0.138. The molecule has 0 heterocycles. The second kappa shape index (κ2) is 4.88. The van der Waals surface area contributed by atoms with Crippen molar-refractivity contribution in [3.63, 3.8) is 0 Å². The SMILES string of the molecule is CC(C)c1ccc(CC(=O)NC2CC23CC(O)C3)cc1. The van der Waals surface area contributed by atoms with Gasteiger partial charge >= 0.3 is 0 Å². The van der Waals surface area contributed by atoms with E-state index in [4.69, 9.17) is 0 Å². The standard InChI is InChI=1S/C17H23NO2/c1-11(2)13-5-3-12(4-6-13)7-16(20)18-15-10-17(15)8-14(19)9-17/h3-6,11,14-15,19H,7-10H2,1-2H3,(H,18,20). The fourth-order valence-electron chi connectivity index (χ4n) is 3.33. The summed E-state index contributed by atoms with van der Waals surface area (Å²) < 4.78 is 0. The third-order valence-corrected chi connectivity index (χ3v) is 4.82. The third-order valence-electron chi connectivity index (χ3n) is 4.82. The van der Waals surface area contributed by atoms with E-state index >= 15 is 0 Å². The van der Waals surface area contributed by atoms with Crippen LogP contribution < -0.4 is 5.32 Å². The zero-order valence-electron chi connectivity index (χ0n) is 12.2. The molecule has 108 valence electrons. The maximum atomic E-state index is 12.0. The van der Waals surface area contributed by atoms with Crippen LogP contribution >= 0.6 is 0 Å². The Morgan fingerprint density at radius 3 is 2.50 bits per heavy atom. The van der Waals surface area contributed by atoms with E-state index in [9.17, 15) is 9.90 Å². The molecule has 2 aliphatic carbocycles. The summed E-state index contributed by atoms with van der Waals surface area (Å²) in [4.78, 5) is 12.0. The molecule has 20 heavy (non-hydrogen) atoms.